The van der Waals surface area contributed by atoms with Gasteiger partial charge in [-0.05, 0) is 12.0 Å². The van der Waals surface area contributed by atoms with Gasteiger partial charge in [0.1, 0.15) is 0 Å². The summed E-state index contributed by atoms with van der Waals surface area (Å²) in [6.07, 6.45) is 1.10. The molecule has 0 heterocycles. The van der Waals surface area contributed by atoms with Gasteiger partial charge in [0.15, 0.2) is 0 Å². The second-order valence-corrected chi connectivity index (χ2v) is 4.59. The molecular weight excluding hydrogens is 160 g/mol. The Morgan fingerprint density at radius 1 is 1.23 bits per heavy atom. The van der Waals surface area contributed by atoms with Gasteiger partial charge in [0.2, 0.25) is 0 Å². The third-order valence-corrected chi connectivity index (χ3v) is 3.71. The Bertz CT molecular complexity index is 306. The molecule has 1 aliphatic rings. The normalized spacial score (nSPS) is 37.5. The zero-order valence-corrected chi connectivity index (χ0v) is 8.25. The first-order chi connectivity index (χ1) is 6.12. The van der Waals surface area contributed by atoms with Crippen molar-refractivity contribution in [1.29, 1.82) is 0 Å². The van der Waals surface area contributed by atoms with Crippen LogP contribution < -0.4 is 0 Å². The van der Waals surface area contributed by atoms with E-state index < -0.39 is 0 Å². The second kappa shape index (κ2) is 2.58. The fourth-order valence-electron chi connectivity index (χ4n) is 2.22. The summed E-state index contributed by atoms with van der Waals surface area (Å²) < 4.78 is 0. The Hall–Kier alpha value is -0.820. The summed E-state index contributed by atoms with van der Waals surface area (Å²) in [4.78, 5) is 0. The number of aliphatic hydroxyl groups excluding tert-OH is 1. The SMILES string of the molecule is C[C@]1(CO)C[C@]1(C)c1ccccc1. The van der Waals surface area contributed by atoms with Crippen LogP contribution in [0.3, 0.4) is 0 Å². The Balaban J connectivity index is 2.30. The van der Waals surface area contributed by atoms with Crippen molar-refractivity contribution in [2.75, 3.05) is 6.61 Å². The van der Waals surface area contributed by atoms with E-state index >= 15 is 0 Å². The van der Waals surface area contributed by atoms with Gasteiger partial charge in [0.25, 0.3) is 0 Å². The number of benzene rings is 1. The topological polar surface area (TPSA) is 20.2 Å². The van der Waals surface area contributed by atoms with Crippen LogP contribution in [0.1, 0.15) is 25.8 Å². The molecule has 0 aromatic heterocycles. The summed E-state index contributed by atoms with van der Waals surface area (Å²) in [5, 5.41) is 9.26. The molecule has 2 atom stereocenters. The maximum absolute atomic E-state index is 9.26. The fraction of sp³-hybridized carbons (Fsp3) is 0.500. The number of aliphatic hydroxyl groups is 1. The van der Waals surface area contributed by atoms with E-state index in [0.29, 0.717) is 6.61 Å². The molecular formula is C12H16O. The Morgan fingerprint density at radius 3 is 2.31 bits per heavy atom. The van der Waals surface area contributed by atoms with Crippen LogP contribution in [0.5, 0.6) is 0 Å². The highest BCUT2D eigenvalue weighted by Crippen LogP contribution is 2.63. The van der Waals surface area contributed by atoms with Crippen LogP contribution in [-0.4, -0.2) is 11.7 Å². The second-order valence-electron chi connectivity index (χ2n) is 4.59. The third-order valence-electron chi connectivity index (χ3n) is 3.71. The lowest BCUT2D eigenvalue weighted by molar-refractivity contribution is 0.207. The highest BCUT2D eigenvalue weighted by molar-refractivity contribution is 5.36. The molecule has 1 heteroatoms. The van der Waals surface area contributed by atoms with E-state index in [1.54, 1.807) is 0 Å². The van der Waals surface area contributed by atoms with E-state index in [1.807, 2.05) is 6.07 Å². The molecule has 0 spiro atoms. The van der Waals surface area contributed by atoms with Crippen molar-refractivity contribution in [1.82, 2.24) is 0 Å². The lowest BCUT2D eigenvalue weighted by Gasteiger charge is -2.16. The molecule has 0 saturated heterocycles. The third kappa shape index (κ3) is 1.11. The molecule has 13 heavy (non-hydrogen) atoms. The average Bonchev–Trinajstić information content (AvgIpc) is 2.74. The van der Waals surface area contributed by atoms with Crippen LogP contribution in [0.2, 0.25) is 0 Å². The van der Waals surface area contributed by atoms with Crippen LogP contribution in [-0.2, 0) is 5.41 Å². The smallest absolute Gasteiger partial charge is 0.0493 e. The molecule has 1 aromatic carbocycles. The number of hydrogen-bond acceptors (Lipinski definition) is 1. The molecule has 0 unspecified atom stereocenters. The Labute approximate surface area is 79.4 Å². The quantitative estimate of drug-likeness (QED) is 0.733. The van der Waals surface area contributed by atoms with E-state index in [2.05, 4.69) is 38.1 Å². The molecule has 0 amide bonds. The predicted molar refractivity (Wildman–Crippen MR) is 53.6 cm³/mol. The zero-order valence-electron chi connectivity index (χ0n) is 8.25. The van der Waals surface area contributed by atoms with Gasteiger partial charge >= 0.3 is 0 Å². The van der Waals surface area contributed by atoms with Gasteiger partial charge in [0.05, 0.1) is 0 Å². The molecule has 1 nitrogen and oxygen atoms in total. The lowest BCUT2D eigenvalue weighted by Crippen LogP contribution is -2.15. The first-order valence-corrected chi connectivity index (χ1v) is 4.79. The van der Waals surface area contributed by atoms with Gasteiger partial charge in [-0.2, -0.15) is 0 Å². The summed E-state index contributed by atoms with van der Waals surface area (Å²) in [6, 6.07) is 10.5. The minimum Gasteiger partial charge on any atom is -0.396 e. The number of rotatable bonds is 2. The molecule has 70 valence electrons. The van der Waals surface area contributed by atoms with E-state index in [4.69, 9.17) is 0 Å². The summed E-state index contributed by atoms with van der Waals surface area (Å²) in [5.74, 6) is 0. The first kappa shape index (κ1) is 8.76. The van der Waals surface area contributed by atoms with Crippen LogP contribution in [0.25, 0.3) is 0 Å². The highest BCUT2D eigenvalue weighted by atomic mass is 16.3. The maximum Gasteiger partial charge on any atom is 0.0493 e. The van der Waals surface area contributed by atoms with Gasteiger partial charge in [-0.3, -0.25) is 0 Å². The van der Waals surface area contributed by atoms with E-state index in [1.165, 1.54) is 5.56 Å². The molecule has 0 aliphatic heterocycles. The highest BCUT2D eigenvalue weighted by Gasteiger charge is 2.61. The van der Waals surface area contributed by atoms with Crippen molar-refractivity contribution in [3.63, 3.8) is 0 Å². The molecule has 2 rings (SSSR count). The summed E-state index contributed by atoms with van der Waals surface area (Å²) in [5.41, 5.74) is 1.66. The summed E-state index contributed by atoms with van der Waals surface area (Å²) >= 11 is 0. The molecule has 1 N–H and O–H groups in total. The molecule has 0 bridgehead atoms. The molecule has 0 radical (unpaired) electrons. The van der Waals surface area contributed by atoms with E-state index in [0.717, 1.165) is 6.42 Å². The van der Waals surface area contributed by atoms with Crippen molar-refractivity contribution in [3.05, 3.63) is 35.9 Å². The van der Waals surface area contributed by atoms with E-state index in [-0.39, 0.29) is 10.8 Å². The zero-order chi connectivity index (χ0) is 9.53. The standard InChI is InChI=1S/C12H16O/c1-11(9-13)8-12(11,2)10-6-4-3-5-7-10/h3-7,13H,8-9H2,1-2H3/t11-,12-/m1/s1. The molecule has 1 fully saturated rings. The minimum absolute atomic E-state index is 0.106. The fourth-order valence-corrected chi connectivity index (χ4v) is 2.22. The Kier molecular flexibility index (Phi) is 1.74. The Morgan fingerprint density at radius 2 is 1.85 bits per heavy atom. The monoisotopic (exact) mass is 176 g/mol. The predicted octanol–water partition coefficient (Wildman–Crippen LogP) is 2.35. The first-order valence-electron chi connectivity index (χ1n) is 4.79. The van der Waals surface area contributed by atoms with Crippen LogP contribution >= 0.6 is 0 Å². The van der Waals surface area contributed by atoms with Crippen LogP contribution in [0.15, 0.2) is 30.3 Å². The van der Waals surface area contributed by atoms with Crippen molar-refractivity contribution in [2.24, 2.45) is 5.41 Å². The van der Waals surface area contributed by atoms with Gasteiger partial charge in [-0.1, -0.05) is 44.2 Å². The molecule has 1 aromatic rings. The van der Waals surface area contributed by atoms with Gasteiger partial charge in [0, 0.05) is 17.4 Å². The van der Waals surface area contributed by atoms with Gasteiger partial charge < -0.3 is 5.11 Å². The maximum atomic E-state index is 9.26. The minimum atomic E-state index is 0.106. The van der Waals surface area contributed by atoms with E-state index in [9.17, 15) is 5.11 Å². The molecule has 1 aliphatic carbocycles. The summed E-state index contributed by atoms with van der Waals surface area (Å²) in [7, 11) is 0. The molecule has 1 saturated carbocycles. The largest absolute Gasteiger partial charge is 0.396 e. The lowest BCUT2D eigenvalue weighted by atomic mass is 9.89. The van der Waals surface area contributed by atoms with Crippen molar-refractivity contribution < 1.29 is 5.11 Å². The summed E-state index contributed by atoms with van der Waals surface area (Å²) in [6.45, 7) is 4.68. The van der Waals surface area contributed by atoms with Crippen molar-refractivity contribution in [3.8, 4) is 0 Å². The average molecular weight is 176 g/mol. The van der Waals surface area contributed by atoms with Crippen LogP contribution in [0, 0.1) is 5.41 Å². The van der Waals surface area contributed by atoms with Gasteiger partial charge in [-0.15, -0.1) is 0 Å². The van der Waals surface area contributed by atoms with Crippen molar-refractivity contribution >= 4 is 0 Å². The van der Waals surface area contributed by atoms with Gasteiger partial charge in [-0.25, -0.2) is 0 Å². The number of hydrogen-bond donors (Lipinski definition) is 1. The van der Waals surface area contributed by atoms with Crippen LogP contribution in [0.4, 0.5) is 0 Å². The van der Waals surface area contributed by atoms with Crippen molar-refractivity contribution in [2.45, 2.75) is 25.7 Å².